The van der Waals surface area contributed by atoms with E-state index in [4.69, 9.17) is 0 Å². The third-order valence-electron chi connectivity index (χ3n) is 1.32. The molecule has 0 atom stereocenters. The lowest BCUT2D eigenvalue weighted by Gasteiger charge is -1.91. The first kappa shape index (κ1) is 6.49. The van der Waals surface area contributed by atoms with E-state index in [2.05, 4.69) is 15.5 Å². The summed E-state index contributed by atoms with van der Waals surface area (Å²) >= 11 is 1.46. The lowest BCUT2D eigenvalue weighted by molar-refractivity contribution is 1.28. The van der Waals surface area contributed by atoms with Gasteiger partial charge in [0.1, 0.15) is 5.69 Å². The highest BCUT2D eigenvalue weighted by atomic mass is 32.1. The molecule has 53 valence electrons. The molecule has 0 amide bonds. The average Bonchev–Trinajstić information content (AvgIpc) is 2.58. The van der Waals surface area contributed by atoms with Crippen molar-refractivity contribution in [3.63, 3.8) is 0 Å². The molecule has 3 heteroatoms. The fraction of sp³-hybridized carbons (Fsp3) is 0. The molecule has 2 heterocycles. The summed E-state index contributed by atoms with van der Waals surface area (Å²) in [6.07, 6.45) is 1.76. The van der Waals surface area contributed by atoms with E-state index < -0.39 is 0 Å². The molecule has 2 aromatic heterocycles. The zero-order valence-electron chi connectivity index (χ0n) is 5.69. The Morgan fingerprint density at radius 3 is 2.91 bits per heavy atom. The van der Waals surface area contributed by atoms with Crippen molar-refractivity contribution >= 4 is 11.3 Å². The smallest absolute Gasteiger partial charge is 0.152 e. The van der Waals surface area contributed by atoms with E-state index in [1.807, 2.05) is 23.6 Å². The second kappa shape index (κ2) is 2.80. The molecule has 11 heavy (non-hydrogen) atoms. The summed E-state index contributed by atoms with van der Waals surface area (Å²) in [7, 11) is 0. The van der Waals surface area contributed by atoms with Gasteiger partial charge in [0.2, 0.25) is 0 Å². The highest BCUT2D eigenvalue weighted by molar-refractivity contribution is 7.07. The monoisotopic (exact) mass is 161 g/mol. The molecular weight excluding hydrogens is 156 g/mol. The largest absolute Gasteiger partial charge is 0.255 e. The molecule has 0 bridgehead atoms. The van der Waals surface area contributed by atoms with Gasteiger partial charge in [-0.15, -0.1) is 11.3 Å². The molecule has 0 saturated carbocycles. The number of aromatic nitrogens is 2. The van der Waals surface area contributed by atoms with Crippen LogP contribution in [-0.4, -0.2) is 9.97 Å². The van der Waals surface area contributed by atoms with Gasteiger partial charge < -0.3 is 0 Å². The highest BCUT2D eigenvalue weighted by Crippen LogP contribution is 2.14. The summed E-state index contributed by atoms with van der Waals surface area (Å²) in [5.41, 5.74) is 4.59. The van der Waals surface area contributed by atoms with E-state index in [1.54, 1.807) is 6.20 Å². The van der Waals surface area contributed by atoms with E-state index in [9.17, 15) is 0 Å². The van der Waals surface area contributed by atoms with Crippen LogP contribution in [0.25, 0.3) is 11.4 Å². The molecule has 0 aromatic carbocycles. The lowest BCUT2D eigenvalue weighted by atomic mass is 10.3. The minimum atomic E-state index is 0.899. The molecule has 0 saturated heterocycles. The number of pyridine rings is 1. The molecule has 0 aliphatic carbocycles. The van der Waals surface area contributed by atoms with Gasteiger partial charge in [0.15, 0.2) is 5.51 Å². The number of nitrogens with zero attached hydrogens (tertiary/aromatic N) is 2. The lowest BCUT2D eigenvalue weighted by Crippen LogP contribution is -1.79. The maximum atomic E-state index is 4.15. The molecule has 2 aromatic rings. The summed E-state index contributed by atoms with van der Waals surface area (Å²) in [4.78, 5) is 8.16. The number of rotatable bonds is 1. The van der Waals surface area contributed by atoms with Gasteiger partial charge in [-0.3, -0.25) is 4.98 Å². The topological polar surface area (TPSA) is 25.8 Å². The van der Waals surface area contributed by atoms with E-state index >= 15 is 0 Å². The first-order valence-corrected chi connectivity index (χ1v) is 4.08. The zero-order valence-corrected chi connectivity index (χ0v) is 6.51. The summed E-state index contributed by atoms with van der Waals surface area (Å²) in [6, 6.07) is 5.77. The van der Waals surface area contributed by atoms with Crippen LogP contribution < -0.4 is 0 Å². The molecule has 2 rings (SSSR count). The second-order valence-corrected chi connectivity index (χ2v) is 2.69. The predicted molar refractivity (Wildman–Crippen MR) is 44.2 cm³/mol. The highest BCUT2D eigenvalue weighted by Gasteiger charge is 1.97. The number of thiazole rings is 1. The molecule has 0 unspecified atom stereocenters. The molecule has 1 radical (unpaired) electrons. The van der Waals surface area contributed by atoms with E-state index in [0.717, 1.165) is 11.4 Å². The third-order valence-corrected chi connectivity index (χ3v) is 1.85. The first-order valence-electron chi connectivity index (χ1n) is 3.20. The summed E-state index contributed by atoms with van der Waals surface area (Å²) < 4.78 is 0. The first-order chi connectivity index (χ1) is 5.47. The van der Waals surface area contributed by atoms with Gasteiger partial charge in [-0.05, 0) is 12.1 Å². The SMILES string of the molecule is [c]1nc(-c2ccccn2)cs1. The van der Waals surface area contributed by atoms with Gasteiger partial charge in [0, 0.05) is 11.6 Å². The fourth-order valence-electron chi connectivity index (χ4n) is 0.816. The van der Waals surface area contributed by atoms with Gasteiger partial charge >= 0.3 is 0 Å². The Morgan fingerprint density at radius 2 is 2.27 bits per heavy atom. The number of hydrogen-bond acceptors (Lipinski definition) is 3. The van der Waals surface area contributed by atoms with E-state index in [1.165, 1.54) is 11.3 Å². The zero-order chi connectivity index (χ0) is 7.52. The van der Waals surface area contributed by atoms with Gasteiger partial charge in [0.05, 0.1) is 5.69 Å². The van der Waals surface area contributed by atoms with Crippen molar-refractivity contribution < 1.29 is 0 Å². The van der Waals surface area contributed by atoms with Crippen molar-refractivity contribution in [2.24, 2.45) is 0 Å². The van der Waals surface area contributed by atoms with E-state index in [0.29, 0.717) is 0 Å². The van der Waals surface area contributed by atoms with Gasteiger partial charge in [-0.25, -0.2) is 4.98 Å². The maximum absolute atomic E-state index is 4.15. The van der Waals surface area contributed by atoms with Crippen molar-refractivity contribution in [3.8, 4) is 11.4 Å². The van der Waals surface area contributed by atoms with Crippen LogP contribution in [0.2, 0.25) is 0 Å². The Hall–Kier alpha value is -1.22. The molecule has 2 nitrogen and oxygen atoms in total. The van der Waals surface area contributed by atoms with Gasteiger partial charge in [0.25, 0.3) is 0 Å². The van der Waals surface area contributed by atoms with Crippen LogP contribution in [0.4, 0.5) is 0 Å². The van der Waals surface area contributed by atoms with Crippen LogP contribution in [-0.2, 0) is 0 Å². The summed E-state index contributed by atoms with van der Waals surface area (Å²) in [5.74, 6) is 0. The van der Waals surface area contributed by atoms with Crippen LogP contribution in [0, 0.1) is 5.51 Å². The van der Waals surface area contributed by atoms with Crippen molar-refractivity contribution in [2.75, 3.05) is 0 Å². The molecular formula is C8H5N2S. The molecule has 0 spiro atoms. The van der Waals surface area contributed by atoms with Crippen molar-refractivity contribution in [2.45, 2.75) is 0 Å². The van der Waals surface area contributed by atoms with Crippen molar-refractivity contribution in [3.05, 3.63) is 35.3 Å². The fourth-order valence-corrected chi connectivity index (χ4v) is 1.30. The van der Waals surface area contributed by atoms with Crippen LogP contribution in [0.3, 0.4) is 0 Å². The van der Waals surface area contributed by atoms with Crippen molar-refractivity contribution in [1.82, 2.24) is 9.97 Å². The number of hydrogen-bond donors (Lipinski definition) is 0. The molecule has 0 aliphatic heterocycles. The molecule has 0 N–H and O–H groups in total. The van der Waals surface area contributed by atoms with Gasteiger partial charge in [-0.2, -0.15) is 0 Å². The molecule has 0 fully saturated rings. The summed E-state index contributed by atoms with van der Waals surface area (Å²) in [5, 5.41) is 1.93. The van der Waals surface area contributed by atoms with Crippen LogP contribution >= 0.6 is 11.3 Å². The van der Waals surface area contributed by atoms with Gasteiger partial charge in [-0.1, -0.05) is 6.07 Å². The van der Waals surface area contributed by atoms with E-state index in [-0.39, 0.29) is 0 Å². The quantitative estimate of drug-likeness (QED) is 0.639. The van der Waals surface area contributed by atoms with Crippen LogP contribution in [0.5, 0.6) is 0 Å². The normalized spacial score (nSPS) is 9.82. The average molecular weight is 161 g/mol. The third kappa shape index (κ3) is 1.28. The molecule has 0 aliphatic rings. The Labute approximate surface area is 68.6 Å². The minimum absolute atomic E-state index is 0.899. The second-order valence-electron chi connectivity index (χ2n) is 2.04. The maximum Gasteiger partial charge on any atom is 0.152 e. The van der Waals surface area contributed by atoms with Crippen LogP contribution in [0.15, 0.2) is 29.8 Å². The van der Waals surface area contributed by atoms with Crippen LogP contribution in [0.1, 0.15) is 0 Å². The standard InChI is InChI=1S/C8H5N2S/c1-2-4-9-7(3-1)8-5-11-6-10-8/h1-5H. The van der Waals surface area contributed by atoms with Crippen molar-refractivity contribution in [1.29, 1.82) is 0 Å². The Kier molecular flexibility index (Phi) is 1.65. The Bertz CT molecular complexity index is 315. The Balaban J connectivity index is 2.46. The Morgan fingerprint density at radius 1 is 1.27 bits per heavy atom. The summed E-state index contributed by atoms with van der Waals surface area (Å²) in [6.45, 7) is 0. The minimum Gasteiger partial charge on any atom is -0.255 e. The predicted octanol–water partition coefficient (Wildman–Crippen LogP) is 2.01.